The van der Waals surface area contributed by atoms with Crippen molar-refractivity contribution in [2.75, 3.05) is 18.5 Å². The molecule has 0 aliphatic rings. The van der Waals surface area contributed by atoms with Crippen LogP contribution in [0, 0.1) is 25.7 Å². The first kappa shape index (κ1) is 45.0. The van der Waals surface area contributed by atoms with E-state index in [1.165, 1.54) is 0 Å². The summed E-state index contributed by atoms with van der Waals surface area (Å²) in [6, 6.07) is 39.1. The first-order valence-electron chi connectivity index (χ1n) is 21.3. The fraction of sp³-hybridized carbons (Fsp3) is 0.308. The number of aliphatic hydroxyl groups excluding tert-OH is 1. The summed E-state index contributed by atoms with van der Waals surface area (Å²) >= 11 is 0. The summed E-state index contributed by atoms with van der Waals surface area (Å²) in [6.45, 7) is 15.6. The van der Waals surface area contributed by atoms with Gasteiger partial charge in [0.1, 0.15) is 53.5 Å². The lowest BCUT2D eigenvalue weighted by Crippen LogP contribution is -2.26. The van der Waals surface area contributed by atoms with Crippen molar-refractivity contribution in [2.45, 2.75) is 80.2 Å². The van der Waals surface area contributed by atoms with Crippen molar-refractivity contribution in [1.82, 2.24) is 5.32 Å². The Hall–Kier alpha value is -6.52. The maximum atomic E-state index is 12.4. The van der Waals surface area contributed by atoms with E-state index >= 15 is 0 Å². The number of carbonyl (C=O) groups is 2. The van der Waals surface area contributed by atoms with Gasteiger partial charge >= 0.3 is 5.97 Å². The van der Waals surface area contributed by atoms with Crippen LogP contribution in [-0.2, 0) is 22.7 Å². The second-order valence-electron chi connectivity index (χ2n) is 16.0. The SMILES string of the molecule is CCOC(=O)CCNC(=O)c1ccc(NC(c2oc3ccc(OCc4ccccc4)cc3c2C)C(C)C)cc1.Cc1c(C(O)C(C)C)oc2ccc(OCc3ccccc3)cc12. The number of aliphatic hydroxyl groups is 1. The highest BCUT2D eigenvalue weighted by Gasteiger charge is 2.25. The zero-order valence-electron chi connectivity index (χ0n) is 36.7. The van der Waals surface area contributed by atoms with Gasteiger partial charge in [0.15, 0.2) is 0 Å². The van der Waals surface area contributed by atoms with Gasteiger partial charge in [-0.2, -0.15) is 0 Å². The van der Waals surface area contributed by atoms with Gasteiger partial charge in [-0.1, -0.05) is 88.4 Å². The first-order chi connectivity index (χ1) is 29.9. The summed E-state index contributed by atoms with van der Waals surface area (Å²) < 4.78 is 29.0. The quantitative estimate of drug-likeness (QED) is 0.0767. The lowest BCUT2D eigenvalue weighted by atomic mass is 9.97. The largest absolute Gasteiger partial charge is 0.489 e. The molecule has 10 nitrogen and oxygen atoms in total. The predicted molar refractivity (Wildman–Crippen MR) is 244 cm³/mol. The second-order valence-corrected chi connectivity index (χ2v) is 16.0. The van der Waals surface area contributed by atoms with Crippen LogP contribution in [0.4, 0.5) is 5.69 Å². The number of furan rings is 2. The van der Waals surface area contributed by atoms with Crippen molar-refractivity contribution in [1.29, 1.82) is 0 Å². The fourth-order valence-electron chi connectivity index (χ4n) is 7.03. The molecule has 0 spiro atoms. The Balaban J connectivity index is 0.000000236. The third kappa shape index (κ3) is 11.6. The maximum absolute atomic E-state index is 12.4. The topological polar surface area (TPSA) is 132 Å². The first-order valence-corrected chi connectivity index (χ1v) is 21.3. The summed E-state index contributed by atoms with van der Waals surface area (Å²) in [4.78, 5) is 23.9. The number of carbonyl (C=O) groups excluding carboxylic acids is 2. The number of anilines is 1. The van der Waals surface area contributed by atoms with E-state index in [4.69, 9.17) is 23.0 Å². The van der Waals surface area contributed by atoms with E-state index in [-0.39, 0.29) is 42.7 Å². The Morgan fingerprint density at radius 1 is 0.661 bits per heavy atom. The number of aryl methyl sites for hydroxylation is 2. The van der Waals surface area contributed by atoms with Gasteiger partial charge in [-0.15, -0.1) is 0 Å². The van der Waals surface area contributed by atoms with Crippen LogP contribution >= 0.6 is 0 Å². The van der Waals surface area contributed by atoms with E-state index in [1.54, 1.807) is 19.1 Å². The summed E-state index contributed by atoms with van der Waals surface area (Å²) in [5.74, 6) is 2.92. The maximum Gasteiger partial charge on any atom is 0.307 e. The Bertz CT molecular complexity index is 2520. The minimum atomic E-state index is -0.587. The summed E-state index contributed by atoms with van der Waals surface area (Å²) in [5, 5.41) is 18.6. The lowest BCUT2D eigenvalue weighted by molar-refractivity contribution is -0.142. The highest BCUT2D eigenvalue weighted by atomic mass is 16.5. The molecule has 2 heterocycles. The number of hydrogen-bond donors (Lipinski definition) is 3. The van der Waals surface area contributed by atoms with Crippen molar-refractivity contribution in [3.63, 3.8) is 0 Å². The standard InChI is InChI=1S/C32H36N2O5.C20H22O3/c1-5-37-29(35)17-18-33-32(36)24-11-13-25(14-12-24)34-30(21(2)3)31-22(4)27-19-26(15-16-28(27)39-31)38-20-23-9-7-6-8-10-23;1-13(2)19(21)20-14(3)17-11-16(9-10-18(17)23-20)22-12-15-7-5-4-6-8-15/h6-16,19,21,30,34H,5,17-18,20H2,1-4H3,(H,33,36);4-11,13,19,21H,12H2,1-3H3. The molecule has 0 bridgehead atoms. The monoisotopic (exact) mass is 838 g/mol. The van der Waals surface area contributed by atoms with Gasteiger partial charge in [0.05, 0.1) is 19.1 Å². The van der Waals surface area contributed by atoms with Crippen molar-refractivity contribution >= 4 is 39.5 Å². The molecular weight excluding hydrogens is 781 g/mol. The molecule has 7 rings (SSSR count). The number of ether oxygens (including phenoxy) is 3. The minimum Gasteiger partial charge on any atom is -0.489 e. The number of hydrogen-bond acceptors (Lipinski definition) is 9. The molecule has 1 amide bonds. The van der Waals surface area contributed by atoms with Crippen LogP contribution in [0.3, 0.4) is 0 Å². The highest BCUT2D eigenvalue weighted by Crippen LogP contribution is 2.37. The Morgan fingerprint density at radius 2 is 1.18 bits per heavy atom. The molecular formula is C52H58N2O8. The third-order valence-corrected chi connectivity index (χ3v) is 10.6. The average molecular weight is 839 g/mol. The summed E-state index contributed by atoms with van der Waals surface area (Å²) in [7, 11) is 0. The van der Waals surface area contributed by atoms with Crippen LogP contribution in [0.15, 0.2) is 130 Å². The molecule has 62 heavy (non-hydrogen) atoms. The number of esters is 1. The zero-order chi connectivity index (χ0) is 44.2. The van der Waals surface area contributed by atoms with Gasteiger partial charge < -0.3 is 38.8 Å². The molecule has 7 aromatic rings. The summed E-state index contributed by atoms with van der Waals surface area (Å²) in [6.07, 6.45) is -0.441. The van der Waals surface area contributed by atoms with Gasteiger partial charge in [-0.05, 0) is 104 Å². The van der Waals surface area contributed by atoms with Crippen LogP contribution < -0.4 is 20.1 Å². The van der Waals surface area contributed by atoms with Crippen LogP contribution in [0.25, 0.3) is 21.9 Å². The normalized spacial score (nSPS) is 12.2. The van der Waals surface area contributed by atoms with E-state index in [0.717, 1.165) is 67.1 Å². The second kappa shape index (κ2) is 21.3. The van der Waals surface area contributed by atoms with Crippen LogP contribution in [0.2, 0.25) is 0 Å². The summed E-state index contributed by atoms with van der Waals surface area (Å²) in [5.41, 5.74) is 7.29. The molecule has 0 fully saturated rings. The van der Waals surface area contributed by atoms with E-state index in [1.807, 2.05) is 130 Å². The van der Waals surface area contributed by atoms with Gasteiger partial charge in [0.25, 0.3) is 5.91 Å². The Kier molecular flexibility index (Phi) is 15.5. The van der Waals surface area contributed by atoms with Crippen LogP contribution in [0.1, 0.15) is 97.3 Å². The molecule has 0 aliphatic carbocycles. The van der Waals surface area contributed by atoms with Gasteiger partial charge in [-0.25, -0.2) is 0 Å². The zero-order valence-corrected chi connectivity index (χ0v) is 36.7. The molecule has 0 aliphatic heterocycles. The molecule has 10 heteroatoms. The number of fused-ring (bicyclic) bond motifs is 2. The predicted octanol–water partition coefficient (Wildman–Crippen LogP) is 11.8. The fourth-order valence-corrected chi connectivity index (χ4v) is 7.03. The Morgan fingerprint density at radius 3 is 1.68 bits per heavy atom. The molecule has 2 aromatic heterocycles. The van der Waals surface area contributed by atoms with E-state index < -0.39 is 6.10 Å². The Labute approximate surface area is 364 Å². The molecule has 324 valence electrons. The number of amides is 1. The molecule has 0 radical (unpaired) electrons. The number of benzene rings is 5. The van der Waals surface area contributed by atoms with Gasteiger partial charge in [-0.3, -0.25) is 9.59 Å². The van der Waals surface area contributed by atoms with Crippen molar-refractivity contribution in [3.05, 3.63) is 161 Å². The molecule has 0 saturated heterocycles. The third-order valence-electron chi connectivity index (χ3n) is 10.6. The van der Waals surface area contributed by atoms with Crippen molar-refractivity contribution in [2.24, 2.45) is 11.8 Å². The lowest BCUT2D eigenvalue weighted by Gasteiger charge is -2.22. The van der Waals surface area contributed by atoms with Crippen molar-refractivity contribution in [3.8, 4) is 11.5 Å². The number of nitrogens with one attached hydrogen (secondary N) is 2. The molecule has 0 saturated carbocycles. The number of rotatable bonds is 17. The van der Waals surface area contributed by atoms with Crippen LogP contribution in [-0.4, -0.2) is 30.1 Å². The average Bonchev–Trinajstić information content (AvgIpc) is 3.79. The molecule has 2 atom stereocenters. The van der Waals surface area contributed by atoms with Gasteiger partial charge in [0, 0.05) is 39.7 Å². The smallest absolute Gasteiger partial charge is 0.307 e. The van der Waals surface area contributed by atoms with E-state index in [2.05, 4.69) is 31.4 Å². The molecule has 2 unspecified atom stereocenters. The minimum absolute atomic E-state index is 0.0738. The van der Waals surface area contributed by atoms with Gasteiger partial charge in [0.2, 0.25) is 0 Å². The van der Waals surface area contributed by atoms with E-state index in [9.17, 15) is 14.7 Å². The van der Waals surface area contributed by atoms with Crippen LogP contribution in [0.5, 0.6) is 11.5 Å². The van der Waals surface area contributed by atoms with Crippen molar-refractivity contribution < 1.29 is 37.7 Å². The molecule has 5 aromatic carbocycles. The highest BCUT2D eigenvalue weighted by molar-refractivity contribution is 5.94. The molecule has 3 N–H and O–H groups in total. The van der Waals surface area contributed by atoms with E-state index in [0.29, 0.717) is 31.1 Å².